The summed E-state index contributed by atoms with van der Waals surface area (Å²) in [5.41, 5.74) is 3.92. The van der Waals surface area contributed by atoms with Crippen molar-refractivity contribution in [1.29, 1.82) is 0 Å². The number of hydrazine groups is 1. The molecule has 6 nitrogen and oxygen atoms in total. The summed E-state index contributed by atoms with van der Waals surface area (Å²) in [7, 11) is 2.09. The Balaban J connectivity index is 1.81. The zero-order chi connectivity index (χ0) is 13.9. The molecule has 0 spiro atoms. The Morgan fingerprint density at radius 1 is 1.25 bits per heavy atom. The molecule has 0 amide bonds. The normalized spacial score (nSPS) is 24.4. The van der Waals surface area contributed by atoms with Crippen LogP contribution in [-0.2, 0) is 4.74 Å². The van der Waals surface area contributed by atoms with Gasteiger partial charge < -0.3 is 19.1 Å². The van der Waals surface area contributed by atoms with Crippen LogP contribution in [0.1, 0.15) is 11.6 Å². The van der Waals surface area contributed by atoms with Gasteiger partial charge in [0.05, 0.1) is 18.8 Å². The molecule has 1 fully saturated rings. The second-order valence-electron chi connectivity index (χ2n) is 5.22. The van der Waals surface area contributed by atoms with Crippen LogP contribution in [-0.4, -0.2) is 51.0 Å². The van der Waals surface area contributed by atoms with E-state index in [0.717, 1.165) is 36.8 Å². The highest BCUT2D eigenvalue weighted by Gasteiger charge is 2.28. The molecule has 2 aliphatic rings. The predicted molar refractivity (Wildman–Crippen MR) is 74.7 cm³/mol. The molecule has 1 aromatic rings. The summed E-state index contributed by atoms with van der Waals surface area (Å²) >= 11 is 0. The summed E-state index contributed by atoms with van der Waals surface area (Å²) in [5, 5.41) is 0. The number of benzene rings is 1. The Morgan fingerprint density at radius 3 is 2.80 bits per heavy atom. The zero-order valence-electron chi connectivity index (χ0n) is 11.7. The number of rotatable bonds is 3. The minimum atomic E-state index is -0.0615. The van der Waals surface area contributed by atoms with E-state index in [9.17, 15) is 0 Å². The zero-order valence-corrected chi connectivity index (χ0v) is 11.7. The van der Waals surface area contributed by atoms with E-state index in [4.69, 9.17) is 20.1 Å². The first-order valence-corrected chi connectivity index (χ1v) is 6.94. The van der Waals surface area contributed by atoms with Crippen LogP contribution in [0.4, 0.5) is 0 Å². The van der Waals surface area contributed by atoms with Crippen LogP contribution in [0.25, 0.3) is 0 Å². The van der Waals surface area contributed by atoms with Crippen molar-refractivity contribution >= 4 is 0 Å². The van der Waals surface area contributed by atoms with E-state index in [1.54, 1.807) is 0 Å². The predicted octanol–water partition coefficient (Wildman–Crippen LogP) is 0.293. The Bertz CT molecular complexity index is 469. The maximum atomic E-state index is 5.84. The van der Waals surface area contributed by atoms with E-state index in [1.165, 1.54) is 0 Å². The van der Waals surface area contributed by atoms with E-state index in [1.807, 2.05) is 18.2 Å². The lowest BCUT2D eigenvalue weighted by atomic mass is 10.00. The van der Waals surface area contributed by atoms with Crippen LogP contribution >= 0.6 is 0 Å². The van der Waals surface area contributed by atoms with Gasteiger partial charge in [-0.2, -0.15) is 0 Å². The molecule has 3 N–H and O–H groups in total. The van der Waals surface area contributed by atoms with Crippen molar-refractivity contribution in [2.45, 2.75) is 12.1 Å². The van der Waals surface area contributed by atoms with Crippen LogP contribution < -0.4 is 20.7 Å². The molecule has 2 heterocycles. The number of nitrogens with two attached hydrogens (primary N) is 1. The van der Waals surface area contributed by atoms with Gasteiger partial charge in [-0.25, -0.2) is 0 Å². The molecule has 110 valence electrons. The molecule has 2 aliphatic heterocycles. The molecular weight excluding hydrogens is 258 g/mol. The number of likely N-dealkylation sites (N-methyl/N-ethyl adjacent to an activating group) is 1. The van der Waals surface area contributed by atoms with Gasteiger partial charge in [0.2, 0.25) is 0 Å². The fraction of sp³-hybridized carbons (Fsp3) is 0.571. The Hall–Kier alpha value is -1.34. The topological polar surface area (TPSA) is 69.0 Å². The number of hydrogen-bond acceptors (Lipinski definition) is 6. The lowest BCUT2D eigenvalue weighted by molar-refractivity contribution is -0.0393. The first kappa shape index (κ1) is 13.6. The van der Waals surface area contributed by atoms with Crippen LogP contribution in [0.5, 0.6) is 11.5 Å². The highest BCUT2D eigenvalue weighted by Crippen LogP contribution is 2.33. The fourth-order valence-electron chi connectivity index (χ4n) is 2.68. The maximum absolute atomic E-state index is 5.84. The van der Waals surface area contributed by atoms with Gasteiger partial charge in [-0.3, -0.25) is 11.3 Å². The quantitative estimate of drug-likeness (QED) is 0.612. The molecule has 0 aromatic heterocycles. The fourth-order valence-corrected chi connectivity index (χ4v) is 2.68. The first-order chi connectivity index (χ1) is 9.78. The summed E-state index contributed by atoms with van der Waals surface area (Å²) in [6, 6.07) is 5.86. The molecule has 6 heteroatoms. The highest BCUT2D eigenvalue weighted by atomic mass is 16.6. The van der Waals surface area contributed by atoms with Gasteiger partial charge in [0.15, 0.2) is 11.5 Å². The number of nitrogens with one attached hydrogen (secondary N) is 1. The molecule has 20 heavy (non-hydrogen) atoms. The van der Waals surface area contributed by atoms with Gasteiger partial charge in [0, 0.05) is 13.1 Å². The van der Waals surface area contributed by atoms with Crippen molar-refractivity contribution in [3.8, 4) is 11.5 Å². The van der Waals surface area contributed by atoms with Crippen molar-refractivity contribution in [2.75, 3.05) is 40.0 Å². The third-order valence-electron chi connectivity index (χ3n) is 3.77. The summed E-state index contributed by atoms with van der Waals surface area (Å²) in [4.78, 5) is 2.25. The SMILES string of the molecule is CN1CCOC(C(NN)c2ccc3c(c2)OCCO3)C1. The summed E-state index contributed by atoms with van der Waals surface area (Å²) in [6.07, 6.45) is 0.0290. The molecule has 2 atom stereocenters. The first-order valence-electron chi connectivity index (χ1n) is 6.94. The second kappa shape index (κ2) is 5.97. The number of morpholine rings is 1. The van der Waals surface area contributed by atoms with Gasteiger partial charge in [-0.05, 0) is 24.7 Å². The summed E-state index contributed by atoms with van der Waals surface area (Å²) in [6.45, 7) is 3.71. The monoisotopic (exact) mass is 279 g/mol. The molecule has 0 saturated carbocycles. The number of hydrogen-bond donors (Lipinski definition) is 2. The average Bonchev–Trinajstić information content (AvgIpc) is 2.48. The smallest absolute Gasteiger partial charge is 0.161 e. The molecule has 1 aromatic carbocycles. The van der Waals surface area contributed by atoms with Gasteiger partial charge in [-0.15, -0.1) is 0 Å². The van der Waals surface area contributed by atoms with E-state index >= 15 is 0 Å². The van der Waals surface area contributed by atoms with Crippen molar-refractivity contribution in [3.63, 3.8) is 0 Å². The van der Waals surface area contributed by atoms with E-state index in [2.05, 4.69) is 17.4 Å². The van der Waals surface area contributed by atoms with Crippen molar-refractivity contribution in [1.82, 2.24) is 10.3 Å². The van der Waals surface area contributed by atoms with Crippen molar-refractivity contribution in [2.24, 2.45) is 5.84 Å². The number of ether oxygens (including phenoxy) is 3. The molecule has 0 radical (unpaired) electrons. The largest absolute Gasteiger partial charge is 0.486 e. The summed E-state index contributed by atoms with van der Waals surface area (Å²) < 4.78 is 17.0. The minimum absolute atomic E-state index is 0.0290. The van der Waals surface area contributed by atoms with Crippen LogP contribution in [0.2, 0.25) is 0 Å². The van der Waals surface area contributed by atoms with E-state index < -0.39 is 0 Å². The Morgan fingerprint density at radius 2 is 2.05 bits per heavy atom. The molecule has 1 saturated heterocycles. The lowest BCUT2D eigenvalue weighted by Crippen LogP contribution is -2.48. The van der Waals surface area contributed by atoms with Gasteiger partial charge in [0.25, 0.3) is 0 Å². The van der Waals surface area contributed by atoms with Crippen molar-refractivity contribution in [3.05, 3.63) is 23.8 Å². The molecule has 0 bridgehead atoms. The van der Waals surface area contributed by atoms with Crippen LogP contribution in [0.15, 0.2) is 18.2 Å². The standard InChI is InChI=1S/C14H21N3O3/c1-17-4-5-18-13(9-17)14(16-15)10-2-3-11-12(8-10)20-7-6-19-11/h2-3,8,13-14,16H,4-7,9,15H2,1H3. The number of fused-ring (bicyclic) bond motifs is 1. The summed E-state index contributed by atoms with van der Waals surface area (Å²) in [5.74, 6) is 7.30. The Kier molecular flexibility index (Phi) is 4.07. The molecule has 2 unspecified atom stereocenters. The second-order valence-corrected chi connectivity index (χ2v) is 5.22. The molecule has 0 aliphatic carbocycles. The van der Waals surface area contributed by atoms with Gasteiger partial charge >= 0.3 is 0 Å². The van der Waals surface area contributed by atoms with Crippen LogP contribution in [0, 0.1) is 0 Å². The molecule has 3 rings (SSSR count). The molecular formula is C14H21N3O3. The van der Waals surface area contributed by atoms with Crippen LogP contribution in [0.3, 0.4) is 0 Å². The Labute approximate surface area is 118 Å². The third kappa shape index (κ3) is 2.73. The van der Waals surface area contributed by atoms with E-state index in [-0.39, 0.29) is 12.1 Å². The average molecular weight is 279 g/mol. The highest BCUT2D eigenvalue weighted by molar-refractivity contribution is 5.44. The van der Waals surface area contributed by atoms with Gasteiger partial charge in [0.1, 0.15) is 13.2 Å². The minimum Gasteiger partial charge on any atom is -0.486 e. The van der Waals surface area contributed by atoms with E-state index in [0.29, 0.717) is 13.2 Å². The third-order valence-corrected chi connectivity index (χ3v) is 3.77. The lowest BCUT2D eigenvalue weighted by Gasteiger charge is -2.35. The number of nitrogens with zero attached hydrogens (tertiary/aromatic N) is 1. The van der Waals surface area contributed by atoms with Gasteiger partial charge in [-0.1, -0.05) is 6.07 Å². The maximum Gasteiger partial charge on any atom is 0.161 e. The van der Waals surface area contributed by atoms with Crippen molar-refractivity contribution < 1.29 is 14.2 Å².